The van der Waals surface area contributed by atoms with Crippen LogP contribution in [-0.4, -0.2) is 17.2 Å². The molecule has 0 saturated carbocycles. The summed E-state index contributed by atoms with van der Waals surface area (Å²) in [6, 6.07) is 0. The SMILES string of the molecule is C/C(C=O)=N/O. The standard InChI is InChI=1S/C3H5NO2/c1-3(2-5)4-6/h2,6H,1H3/b4-3-. The Morgan fingerprint density at radius 3 is 2.50 bits per heavy atom. The third-order valence-electron chi connectivity index (χ3n) is 0.328. The third-order valence-corrected chi connectivity index (χ3v) is 0.328. The second-order valence-corrected chi connectivity index (χ2v) is 0.859. The van der Waals surface area contributed by atoms with Crippen LogP contribution in [0.2, 0.25) is 0 Å². The Morgan fingerprint density at radius 2 is 2.50 bits per heavy atom. The van der Waals surface area contributed by atoms with Crippen LogP contribution < -0.4 is 0 Å². The zero-order valence-electron chi connectivity index (χ0n) is 3.38. The van der Waals surface area contributed by atoms with Crippen LogP contribution in [0.4, 0.5) is 0 Å². The maximum Gasteiger partial charge on any atom is 0.167 e. The van der Waals surface area contributed by atoms with E-state index >= 15 is 0 Å². The fourth-order valence-electron chi connectivity index (χ4n) is 0.0236. The van der Waals surface area contributed by atoms with Gasteiger partial charge in [-0.2, -0.15) is 0 Å². The van der Waals surface area contributed by atoms with Gasteiger partial charge in [0.15, 0.2) is 6.29 Å². The van der Waals surface area contributed by atoms with E-state index < -0.39 is 0 Å². The predicted molar refractivity (Wildman–Crippen MR) is 21.0 cm³/mol. The van der Waals surface area contributed by atoms with Gasteiger partial charge in [0.25, 0.3) is 0 Å². The van der Waals surface area contributed by atoms with Gasteiger partial charge < -0.3 is 5.21 Å². The van der Waals surface area contributed by atoms with Crippen molar-refractivity contribution in [1.29, 1.82) is 0 Å². The van der Waals surface area contributed by atoms with Crippen molar-refractivity contribution in [3.05, 3.63) is 0 Å². The van der Waals surface area contributed by atoms with Crippen LogP contribution in [-0.2, 0) is 4.79 Å². The van der Waals surface area contributed by atoms with E-state index in [1.54, 1.807) is 0 Å². The lowest BCUT2D eigenvalue weighted by molar-refractivity contribution is -0.102. The highest BCUT2D eigenvalue weighted by Crippen LogP contribution is 1.60. The molecule has 0 saturated heterocycles. The van der Waals surface area contributed by atoms with E-state index in [2.05, 4.69) is 5.16 Å². The number of carbonyl (C=O) groups is 1. The molecule has 0 heterocycles. The van der Waals surface area contributed by atoms with Crippen LogP contribution in [0.1, 0.15) is 6.92 Å². The topological polar surface area (TPSA) is 49.7 Å². The first-order chi connectivity index (χ1) is 2.81. The average molecular weight is 87.1 g/mol. The number of aldehydes is 1. The molecule has 0 aliphatic heterocycles. The first-order valence-electron chi connectivity index (χ1n) is 1.45. The van der Waals surface area contributed by atoms with Gasteiger partial charge in [-0.3, -0.25) is 4.79 Å². The molecule has 1 N–H and O–H groups in total. The molecule has 0 spiro atoms. The van der Waals surface area contributed by atoms with Crippen LogP contribution in [0, 0.1) is 0 Å². The smallest absolute Gasteiger partial charge is 0.167 e. The molecule has 0 aromatic carbocycles. The molecule has 0 aromatic heterocycles. The largest absolute Gasteiger partial charge is 0.411 e. The van der Waals surface area contributed by atoms with Crippen LogP contribution in [0.3, 0.4) is 0 Å². The third kappa shape index (κ3) is 1.46. The van der Waals surface area contributed by atoms with Gasteiger partial charge in [-0.25, -0.2) is 0 Å². The number of rotatable bonds is 1. The molecule has 0 fully saturated rings. The molecule has 0 aliphatic rings. The van der Waals surface area contributed by atoms with Crippen molar-refractivity contribution in [2.45, 2.75) is 6.92 Å². The summed E-state index contributed by atoms with van der Waals surface area (Å²) in [6.07, 6.45) is 0.472. The maximum absolute atomic E-state index is 9.45. The Bertz CT molecular complexity index is 76.9. The first-order valence-corrected chi connectivity index (χ1v) is 1.45. The number of hydrogen-bond donors (Lipinski definition) is 1. The molecule has 0 aromatic rings. The summed E-state index contributed by atoms with van der Waals surface area (Å²) in [5.74, 6) is 0. The molecule has 3 nitrogen and oxygen atoms in total. The molecule has 0 aliphatic carbocycles. The molecule has 0 unspecified atom stereocenters. The molecule has 6 heavy (non-hydrogen) atoms. The zero-order valence-corrected chi connectivity index (χ0v) is 3.38. The van der Waals surface area contributed by atoms with Crippen molar-refractivity contribution >= 4 is 12.0 Å². The highest BCUT2D eigenvalue weighted by molar-refractivity contribution is 6.26. The number of oxime groups is 1. The van der Waals surface area contributed by atoms with E-state index in [1.165, 1.54) is 6.92 Å². The van der Waals surface area contributed by atoms with Gasteiger partial charge in [-0.05, 0) is 6.92 Å². The Labute approximate surface area is 35.3 Å². The van der Waals surface area contributed by atoms with Gasteiger partial charge in [-0.15, -0.1) is 0 Å². The minimum absolute atomic E-state index is 0.0926. The van der Waals surface area contributed by atoms with E-state index in [-0.39, 0.29) is 5.71 Å². The van der Waals surface area contributed by atoms with Gasteiger partial charge in [0.05, 0.1) is 0 Å². The molecule has 0 amide bonds. The monoisotopic (exact) mass is 87.0 g/mol. The summed E-state index contributed by atoms with van der Waals surface area (Å²) in [4.78, 5) is 9.45. The number of nitrogens with zero attached hydrogens (tertiary/aromatic N) is 1. The molecule has 0 bridgehead atoms. The summed E-state index contributed by atoms with van der Waals surface area (Å²) in [7, 11) is 0. The molecule has 0 atom stereocenters. The van der Waals surface area contributed by atoms with Crippen molar-refractivity contribution in [1.82, 2.24) is 0 Å². The fourth-order valence-corrected chi connectivity index (χ4v) is 0.0236. The van der Waals surface area contributed by atoms with Gasteiger partial charge in [0, 0.05) is 0 Å². The van der Waals surface area contributed by atoms with Crippen LogP contribution >= 0.6 is 0 Å². The van der Waals surface area contributed by atoms with Crippen LogP contribution in [0.5, 0.6) is 0 Å². The van der Waals surface area contributed by atoms with Crippen LogP contribution in [0.25, 0.3) is 0 Å². The minimum atomic E-state index is 0.0926. The highest BCUT2D eigenvalue weighted by Gasteiger charge is 1.77. The van der Waals surface area contributed by atoms with Crippen molar-refractivity contribution in [3.8, 4) is 0 Å². The fraction of sp³-hybridized carbons (Fsp3) is 0.333. The van der Waals surface area contributed by atoms with Crippen LogP contribution in [0.15, 0.2) is 5.16 Å². The Hall–Kier alpha value is -0.860. The van der Waals surface area contributed by atoms with Crippen molar-refractivity contribution < 1.29 is 10.0 Å². The van der Waals surface area contributed by atoms with E-state index in [9.17, 15) is 4.79 Å². The normalized spacial score (nSPS) is 11.2. The van der Waals surface area contributed by atoms with Gasteiger partial charge in [0.1, 0.15) is 5.71 Å². The summed E-state index contributed by atoms with van der Waals surface area (Å²) < 4.78 is 0. The predicted octanol–water partition coefficient (Wildman–Crippen LogP) is 0.0354. The molecule has 3 heteroatoms. The quantitative estimate of drug-likeness (QED) is 0.212. The van der Waals surface area contributed by atoms with E-state index in [1.807, 2.05) is 0 Å². The lowest BCUT2D eigenvalue weighted by atomic mass is 10.5. The zero-order chi connectivity index (χ0) is 4.99. The van der Waals surface area contributed by atoms with Crippen molar-refractivity contribution in [2.75, 3.05) is 0 Å². The second kappa shape index (κ2) is 2.38. The number of hydrogen-bond acceptors (Lipinski definition) is 3. The number of carbonyl (C=O) groups excluding carboxylic acids is 1. The molecular formula is C3H5NO2. The Balaban J connectivity index is 3.50. The molecule has 0 rings (SSSR count). The molecular weight excluding hydrogens is 82.0 g/mol. The van der Waals surface area contributed by atoms with E-state index in [4.69, 9.17) is 5.21 Å². The lowest BCUT2D eigenvalue weighted by Gasteiger charge is -1.71. The maximum atomic E-state index is 9.45. The molecule has 34 valence electrons. The van der Waals surface area contributed by atoms with Gasteiger partial charge in [0.2, 0.25) is 0 Å². The Morgan fingerprint density at radius 1 is 2.00 bits per heavy atom. The minimum Gasteiger partial charge on any atom is -0.411 e. The van der Waals surface area contributed by atoms with Gasteiger partial charge >= 0.3 is 0 Å². The first kappa shape index (κ1) is 5.14. The highest BCUT2D eigenvalue weighted by atomic mass is 16.4. The Kier molecular flexibility index (Phi) is 2.04. The summed E-state index contributed by atoms with van der Waals surface area (Å²) in [5, 5.41) is 10.2. The van der Waals surface area contributed by atoms with E-state index in [0.717, 1.165) is 0 Å². The van der Waals surface area contributed by atoms with Crippen molar-refractivity contribution in [2.24, 2.45) is 5.16 Å². The molecule has 0 radical (unpaired) electrons. The average Bonchev–Trinajstić information content (AvgIpc) is 1.65. The van der Waals surface area contributed by atoms with E-state index in [0.29, 0.717) is 6.29 Å². The summed E-state index contributed by atoms with van der Waals surface area (Å²) >= 11 is 0. The van der Waals surface area contributed by atoms with Gasteiger partial charge in [-0.1, -0.05) is 5.16 Å². The second-order valence-electron chi connectivity index (χ2n) is 0.859. The summed E-state index contributed by atoms with van der Waals surface area (Å²) in [5.41, 5.74) is 0.0926. The lowest BCUT2D eigenvalue weighted by Crippen LogP contribution is -1.88. The van der Waals surface area contributed by atoms with Crippen molar-refractivity contribution in [3.63, 3.8) is 0 Å². The summed E-state index contributed by atoms with van der Waals surface area (Å²) in [6.45, 7) is 1.41.